The van der Waals surface area contributed by atoms with Crippen LogP contribution in [0.3, 0.4) is 0 Å². The average Bonchev–Trinajstić information content (AvgIpc) is 3.33. The molecule has 2 aliphatic rings. The maximum Gasteiger partial charge on any atom is 0.412 e. The van der Waals surface area contributed by atoms with E-state index in [1.54, 1.807) is 0 Å². The van der Waals surface area contributed by atoms with Gasteiger partial charge in [-0.2, -0.15) is 4.37 Å². The third kappa shape index (κ3) is 4.58. The van der Waals surface area contributed by atoms with E-state index in [0.29, 0.717) is 5.92 Å². The quantitative estimate of drug-likeness (QED) is 0.750. The zero-order valence-electron chi connectivity index (χ0n) is 16.0. The Morgan fingerprint density at radius 1 is 1.26 bits per heavy atom. The summed E-state index contributed by atoms with van der Waals surface area (Å²) in [5, 5.41) is 7.31. The minimum atomic E-state index is -0.506. The largest absolute Gasteiger partial charge is 0.444 e. The molecule has 0 radical (unpaired) electrons. The van der Waals surface area contributed by atoms with Crippen molar-refractivity contribution in [1.29, 1.82) is 0 Å². The Bertz CT molecular complexity index is 839. The first-order chi connectivity index (χ1) is 12.9. The minimum absolute atomic E-state index is 0.240. The molecular formula is C20H26N4O2S. The van der Waals surface area contributed by atoms with Gasteiger partial charge in [-0.3, -0.25) is 5.32 Å². The summed E-state index contributed by atoms with van der Waals surface area (Å²) in [6.07, 6.45) is 5.21. The summed E-state index contributed by atoms with van der Waals surface area (Å²) in [7, 11) is 0. The SMILES string of the molecule is CC(C)(C)OC(=O)Nc1ccc2c(c1)CCCC2Nc1nc(C2CC2)ns1. The van der Waals surface area contributed by atoms with Crippen LogP contribution in [0, 0.1) is 0 Å². The van der Waals surface area contributed by atoms with Crippen LogP contribution in [0.1, 0.15) is 75.4 Å². The van der Waals surface area contributed by atoms with Crippen molar-refractivity contribution in [1.82, 2.24) is 9.36 Å². The van der Waals surface area contributed by atoms with Gasteiger partial charge in [0, 0.05) is 23.1 Å². The molecule has 144 valence electrons. The molecule has 1 fully saturated rings. The van der Waals surface area contributed by atoms with Crippen molar-refractivity contribution in [3.05, 3.63) is 35.2 Å². The van der Waals surface area contributed by atoms with Gasteiger partial charge in [0.2, 0.25) is 5.13 Å². The predicted octanol–water partition coefficient (Wildman–Crippen LogP) is 5.25. The fourth-order valence-electron chi connectivity index (χ4n) is 3.41. The number of hydrogen-bond acceptors (Lipinski definition) is 6. The molecule has 2 N–H and O–H groups in total. The average molecular weight is 387 g/mol. The van der Waals surface area contributed by atoms with Gasteiger partial charge in [0.15, 0.2) is 0 Å². The number of carbonyl (C=O) groups is 1. The van der Waals surface area contributed by atoms with E-state index in [1.165, 1.54) is 35.5 Å². The fourth-order valence-corrected chi connectivity index (χ4v) is 4.11. The van der Waals surface area contributed by atoms with Gasteiger partial charge < -0.3 is 10.1 Å². The molecular weight excluding hydrogens is 360 g/mol. The summed E-state index contributed by atoms with van der Waals surface area (Å²) < 4.78 is 9.82. The normalized spacial score (nSPS) is 19.3. The van der Waals surface area contributed by atoms with Crippen molar-refractivity contribution < 1.29 is 9.53 Å². The number of aryl methyl sites for hydroxylation is 1. The van der Waals surface area contributed by atoms with Crippen molar-refractivity contribution in [3.8, 4) is 0 Å². The predicted molar refractivity (Wildman–Crippen MR) is 107 cm³/mol. The molecule has 1 saturated carbocycles. The number of amides is 1. The number of anilines is 2. The monoisotopic (exact) mass is 386 g/mol. The Balaban J connectivity index is 1.45. The topological polar surface area (TPSA) is 76.1 Å². The van der Waals surface area contributed by atoms with Gasteiger partial charge in [-0.1, -0.05) is 6.07 Å². The van der Waals surface area contributed by atoms with E-state index >= 15 is 0 Å². The number of hydrogen-bond donors (Lipinski definition) is 2. The van der Waals surface area contributed by atoms with Crippen LogP contribution in [0.25, 0.3) is 0 Å². The Hall–Kier alpha value is -2.15. The van der Waals surface area contributed by atoms with E-state index in [1.807, 2.05) is 26.8 Å². The van der Waals surface area contributed by atoms with Crippen molar-refractivity contribution in [2.45, 2.75) is 70.4 Å². The van der Waals surface area contributed by atoms with E-state index in [9.17, 15) is 4.79 Å². The molecule has 0 saturated heterocycles. The molecule has 1 amide bonds. The summed E-state index contributed by atoms with van der Waals surface area (Å²) in [6, 6.07) is 6.34. The summed E-state index contributed by atoms with van der Waals surface area (Å²) in [5.41, 5.74) is 2.81. The lowest BCUT2D eigenvalue weighted by Crippen LogP contribution is -2.27. The van der Waals surface area contributed by atoms with Crippen LogP contribution in [0.5, 0.6) is 0 Å². The molecule has 1 unspecified atom stereocenters. The lowest BCUT2D eigenvalue weighted by molar-refractivity contribution is 0.0636. The highest BCUT2D eigenvalue weighted by atomic mass is 32.1. The molecule has 0 aliphatic heterocycles. The van der Waals surface area contributed by atoms with Crippen LogP contribution in [-0.2, 0) is 11.2 Å². The lowest BCUT2D eigenvalue weighted by Gasteiger charge is -2.27. The first-order valence-corrected chi connectivity index (χ1v) is 10.4. The van der Waals surface area contributed by atoms with Crippen LogP contribution in [0.2, 0.25) is 0 Å². The molecule has 0 spiro atoms. The fraction of sp³-hybridized carbons (Fsp3) is 0.550. The number of aromatic nitrogens is 2. The van der Waals surface area contributed by atoms with Gasteiger partial charge in [0.05, 0.1) is 6.04 Å². The van der Waals surface area contributed by atoms with Crippen molar-refractivity contribution >= 4 is 28.4 Å². The van der Waals surface area contributed by atoms with Crippen LogP contribution in [0.15, 0.2) is 18.2 Å². The smallest absolute Gasteiger partial charge is 0.412 e. The van der Waals surface area contributed by atoms with Gasteiger partial charge in [0.1, 0.15) is 11.4 Å². The first kappa shape index (κ1) is 18.2. The van der Waals surface area contributed by atoms with Gasteiger partial charge >= 0.3 is 6.09 Å². The van der Waals surface area contributed by atoms with Crippen LogP contribution in [-0.4, -0.2) is 21.1 Å². The van der Waals surface area contributed by atoms with Crippen molar-refractivity contribution in [3.63, 3.8) is 0 Å². The van der Waals surface area contributed by atoms with Crippen molar-refractivity contribution in [2.24, 2.45) is 0 Å². The van der Waals surface area contributed by atoms with E-state index < -0.39 is 11.7 Å². The zero-order chi connectivity index (χ0) is 19.0. The second-order valence-electron chi connectivity index (χ2n) is 8.36. The van der Waals surface area contributed by atoms with E-state index in [-0.39, 0.29) is 6.04 Å². The van der Waals surface area contributed by atoms with Gasteiger partial charge in [0.25, 0.3) is 0 Å². The summed E-state index contributed by atoms with van der Waals surface area (Å²) in [6.45, 7) is 5.58. The molecule has 1 atom stereocenters. The van der Waals surface area contributed by atoms with Crippen LogP contribution < -0.4 is 10.6 Å². The van der Waals surface area contributed by atoms with Gasteiger partial charge in [-0.05, 0) is 76.1 Å². The number of carbonyl (C=O) groups excluding carboxylic acids is 1. The first-order valence-electron chi connectivity index (χ1n) is 9.60. The number of fused-ring (bicyclic) bond motifs is 1. The van der Waals surface area contributed by atoms with Crippen molar-refractivity contribution in [2.75, 3.05) is 10.6 Å². The maximum atomic E-state index is 12.0. The molecule has 1 aromatic carbocycles. The van der Waals surface area contributed by atoms with E-state index in [0.717, 1.165) is 35.9 Å². The molecule has 6 nitrogen and oxygen atoms in total. The molecule has 7 heteroatoms. The lowest BCUT2D eigenvalue weighted by atomic mass is 9.87. The molecule has 0 bridgehead atoms. The maximum absolute atomic E-state index is 12.0. The number of rotatable bonds is 4. The number of nitrogens with zero attached hydrogens (tertiary/aromatic N) is 2. The summed E-state index contributed by atoms with van der Waals surface area (Å²) >= 11 is 1.46. The number of ether oxygens (including phenoxy) is 1. The standard InChI is InChI=1S/C20H26N4O2S/c1-20(2,3)26-19(25)21-14-9-10-15-13(11-14)5-4-6-16(15)22-18-23-17(24-27-18)12-7-8-12/h9-12,16H,4-8H2,1-3H3,(H,21,25)(H,22,23,24). The molecule has 2 aliphatic carbocycles. The second kappa shape index (κ2) is 7.11. The number of nitrogens with one attached hydrogen (secondary N) is 2. The number of benzene rings is 1. The van der Waals surface area contributed by atoms with E-state index in [4.69, 9.17) is 4.74 Å². The summed E-state index contributed by atoms with van der Waals surface area (Å²) in [5.74, 6) is 1.58. The van der Waals surface area contributed by atoms with E-state index in [2.05, 4.69) is 32.1 Å². The molecule has 27 heavy (non-hydrogen) atoms. The highest BCUT2D eigenvalue weighted by Crippen LogP contribution is 2.40. The molecule has 1 aromatic heterocycles. The molecule has 2 aromatic rings. The summed E-state index contributed by atoms with van der Waals surface area (Å²) in [4.78, 5) is 16.7. The highest BCUT2D eigenvalue weighted by molar-refractivity contribution is 7.09. The van der Waals surface area contributed by atoms with Gasteiger partial charge in [-0.25, -0.2) is 9.78 Å². The Morgan fingerprint density at radius 2 is 2.07 bits per heavy atom. The Kier molecular flexibility index (Phi) is 4.80. The Morgan fingerprint density at radius 3 is 2.81 bits per heavy atom. The highest BCUT2D eigenvalue weighted by Gasteiger charge is 2.29. The molecule has 4 rings (SSSR count). The molecule has 1 heterocycles. The third-order valence-corrected chi connectivity index (χ3v) is 5.44. The van der Waals surface area contributed by atoms with Crippen LogP contribution in [0.4, 0.5) is 15.6 Å². The van der Waals surface area contributed by atoms with Gasteiger partial charge in [-0.15, -0.1) is 0 Å². The van der Waals surface area contributed by atoms with Crippen LogP contribution >= 0.6 is 11.5 Å². The zero-order valence-corrected chi connectivity index (χ0v) is 16.9. The minimum Gasteiger partial charge on any atom is -0.444 e. The Labute approximate surface area is 163 Å². The third-order valence-electron chi connectivity index (χ3n) is 4.78. The second-order valence-corrected chi connectivity index (χ2v) is 9.11.